The molecule has 27 heavy (non-hydrogen) atoms. The largest absolute Gasteiger partial charge is 0.496 e. The van der Waals surface area contributed by atoms with Crippen molar-refractivity contribution in [2.45, 2.75) is 20.4 Å². The second kappa shape index (κ2) is 7.61. The van der Waals surface area contributed by atoms with Crippen LogP contribution in [-0.2, 0) is 6.54 Å². The van der Waals surface area contributed by atoms with E-state index in [1.165, 1.54) is 33.2 Å². The quantitative estimate of drug-likeness (QED) is 0.767. The van der Waals surface area contributed by atoms with Crippen molar-refractivity contribution < 1.29 is 9.64 Å². The minimum absolute atomic E-state index is 1.01. The molecule has 0 aromatic heterocycles. The van der Waals surface area contributed by atoms with E-state index in [1.807, 2.05) is 0 Å². The van der Waals surface area contributed by atoms with Crippen LogP contribution in [0.25, 0.3) is 10.8 Å². The van der Waals surface area contributed by atoms with Gasteiger partial charge in [-0.2, -0.15) is 0 Å². The molecule has 1 fully saturated rings. The molecule has 3 aromatic carbocycles. The number of nitrogens with one attached hydrogen (secondary N) is 1. The second-order valence-corrected chi connectivity index (χ2v) is 7.60. The summed E-state index contributed by atoms with van der Waals surface area (Å²) in [6, 6.07) is 19.6. The van der Waals surface area contributed by atoms with Crippen LogP contribution >= 0.6 is 0 Å². The number of piperazine rings is 1. The van der Waals surface area contributed by atoms with Gasteiger partial charge < -0.3 is 14.5 Å². The van der Waals surface area contributed by atoms with Gasteiger partial charge in [-0.1, -0.05) is 42.5 Å². The van der Waals surface area contributed by atoms with Gasteiger partial charge in [0.1, 0.15) is 12.3 Å². The Balaban J connectivity index is 1.51. The lowest BCUT2D eigenvalue weighted by molar-refractivity contribution is -0.914. The van der Waals surface area contributed by atoms with Crippen LogP contribution in [0.3, 0.4) is 0 Å². The average Bonchev–Trinajstić information content (AvgIpc) is 2.71. The maximum atomic E-state index is 5.69. The standard InChI is InChI=1S/C24H28N2O/c1-18-7-6-10-23(19(18)2)26-15-13-25(14-16-26)17-22-21-9-5-4-8-20(21)11-12-24(22)27-3/h4-12H,13-17H2,1-3H3/p+1. The Morgan fingerprint density at radius 3 is 2.48 bits per heavy atom. The fourth-order valence-electron chi connectivity index (χ4n) is 4.26. The first-order chi connectivity index (χ1) is 13.2. The predicted molar refractivity (Wildman–Crippen MR) is 113 cm³/mol. The van der Waals surface area contributed by atoms with Crippen LogP contribution in [-0.4, -0.2) is 33.3 Å². The number of benzene rings is 3. The minimum Gasteiger partial charge on any atom is -0.496 e. The van der Waals surface area contributed by atoms with Crippen LogP contribution in [0.1, 0.15) is 16.7 Å². The van der Waals surface area contributed by atoms with E-state index >= 15 is 0 Å². The summed E-state index contributed by atoms with van der Waals surface area (Å²) in [5, 5.41) is 2.61. The Bertz CT molecular complexity index is 942. The zero-order valence-corrected chi connectivity index (χ0v) is 16.6. The zero-order valence-electron chi connectivity index (χ0n) is 16.6. The van der Waals surface area contributed by atoms with Gasteiger partial charge in [0.05, 0.1) is 38.9 Å². The summed E-state index contributed by atoms with van der Waals surface area (Å²) >= 11 is 0. The van der Waals surface area contributed by atoms with Crippen molar-refractivity contribution in [3.05, 3.63) is 71.3 Å². The van der Waals surface area contributed by atoms with Crippen LogP contribution in [0.5, 0.6) is 5.75 Å². The molecule has 1 aliphatic rings. The Hall–Kier alpha value is -2.52. The minimum atomic E-state index is 1.01. The lowest BCUT2D eigenvalue weighted by Crippen LogP contribution is -3.13. The van der Waals surface area contributed by atoms with Crippen LogP contribution in [0, 0.1) is 13.8 Å². The van der Waals surface area contributed by atoms with Gasteiger partial charge in [0, 0.05) is 5.69 Å². The van der Waals surface area contributed by atoms with Gasteiger partial charge >= 0.3 is 0 Å². The number of fused-ring (bicyclic) bond motifs is 1. The maximum Gasteiger partial charge on any atom is 0.128 e. The van der Waals surface area contributed by atoms with Crippen molar-refractivity contribution in [2.24, 2.45) is 0 Å². The third-order valence-corrected chi connectivity index (χ3v) is 6.03. The molecule has 0 aliphatic carbocycles. The van der Waals surface area contributed by atoms with Gasteiger partial charge in [0.25, 0.3) is 0 Å². The first kappa shape index (κ1) is 17.9. The molecule has 0 saturated carbocycles. The van der Waals surface area contributed by atoms with E-state index in [0.717, 1.165) is 38.5 Å². The molecule has 3 heteroatoms. The zero-order chi connectivity index (χ0) is 18.8. The molecule has 3 nitrogen and oxygen atoms in total. The molecule has 1 N–H and O–H groups in total. The normalized spacial score (nSPS) is 15.3. The smallest absolute Gasteiger partial charge is 0.128 e. The van der Waals surface area contributed by atoms with E-state index in [-0.39, 0.29) is 0 Å². The molecule has 0 atom stereocenters. The Morgan fingerprint density at radius 1 is 0.926 bits per heavy atom. The van der Waals surface area contributed by atoms with Crippen molar-refractivity contribution in [3.8, 4) is 5.75 Å². The van der Waals surface area contributed by atoms with E-state index < -0.39 is 0 Å². The average molecular weight is 362 g/mol. The molecular formula is C24H29N2O+. The molecule has 0 amide bonds. The van der Waals surface area contributed by atoms with Crippen LogP contribution in [0.2, 0.25) is 0 Å². The van der Waals surface area contributed by atoms with E-state index in [0.29, 0.717) is 0 Å². The summed E-state index contributed by atoms with van der Waals surface area (Å²) in [6.45, 7) is 9.97. The molecule has 0 bridgehead atoms. The first-order valence-electron chi connectivity index (χ1n) is 9.86. The number of quaternary nitrogens is 1. The maximum absolute atomic E-state index is 5.69. The molecule has 3 aromatic rings. The number of aryl methyl sites for hydroxylation is 1. The Morgan fingerprint density at radius 2 is 1.70 bits per heavy atom. The third kappa shape index (κ3) is 3.52. The van der Waals surface area contributed by atoms with Crippen LogP contribution in [0.15, 0.2) is 54.6 Å². The summed E-state index contributed by atoms with van der Waals surface area (Å²) < 4.78 is 5.69. The van der Waals surface area contributed by atoms with Crippen molar-refractivity contribution in [3.63, 3.8) is 0 Å². The highest BCUT2D eigenvalue weighted by Crippen LogP contribution is 2.27. The Kier molecular flexibility index (Phi) is 5.04. The number of ether oxygens (including phenoxy) is 1. The molecule has 0 radical (unpaired) electrons. The highest BCUT2D eigenvalue weighted by molar-refractivity contribution is 5.87. The number of hydrogen-bond donors (Lipinski definition) is 1. The molecule has 0 spiro atoms. The van der Waals surface area contributed by atoms with Gasteiger partial charge in [0.2, 0.25) is 0 Å². The third-order valence-electron chi connectivity index (χ3n) is 6.03. The first-order valence-corrected chi connectivity index (χ1v) is 9.86. The summed E-state index contributed by atoms with van der Waals surface area (Å²) in [5.74, 6) is 1.01. The molecule has 140 valence electrons. The van der Waals surface area contributed by atoms with Crippen LogP contribution < -0.4 is 14.5 Å². The fraction of sp³-hybridized carbons (Fsp3) is 0.333. The SMILES string of the molecule is COc1ccc2ccccc2c1C[NH+]1CCN(c2cccc(C)c2C)CC1. The van der Waals surface area contributed by atoms with E-state index in [2.05, 4.69) is 73.3 Å². The number of hydrogen-bond acceptors (Lipinski definition) is 2. The van der Waals surface area contributed by atoms with Crippen LogP contribution in [0.4, 0.5) is 5.69 Å². The number of nitrogens with zero attached hydrogens (tertiary/aromatic N) is 1. The molecule has 4 rings (SSSR count). The summed E-state index contributed by atoms with van der Waals surface area (Å²) in [7, 11) is 1.78. The predicted octanol–water partition coefficient (Wildman–Crippen LogP) is 3.37. The lowest BCUT2D eigenvalue weighted by atomic mass is 10.0. The number of anilines is 1. The van der Waals surface area contributed by atoms with Gasteiger partial charge in [0.15, 0.2) is 0 Å². The van der Waals surface area contributed by atoms with E-state index in [1.54, 1.807) is 12.0 Å². The summed E-state index contributed by atoms with van der Waals surface area (Å²) in [6.07, 6.45) is 0. The topological polar surface area (TPSA) is 16.9 Å². The highest BCUT2D eigenvalue weighted by Gasteiger charge is 2.23. The van der Waals surface area contributed by atoms with Crippen molar-refractivity contribution in [1.82, 2.24) is 0 Å². The molecule has 1 heterocycles. The van der Waals surface area contributed by atoms with E-state index in [4.69, 9.17) is 4.74 Å². The van der Waals surface area contributed by atoms with Crippen molar-refractivity contribution in [2.75, 3.05) is 38.2 Å². The van der Waals surface area contributed by atoms with E-state index in [9.17, 15) is 0 Å². The lowest BCUT2D eigenvalue weighted by Gasteiger charge is -2.35. The monoisotopic (exact) mass is 361 g/mol. The Labute approximate surface area is 162 Å². The molecule has 1 saturated heterocycles. The molecular weight excluding hydrogens is 332 g/mol. The molecule has 1 aliphatic heterocycles. The fourth-order valence-corrected chi connectivity index (χ4v) is 4.26. The number of rotatable bonds is 4. The van der Waals surface area contributed by atoms with Gasteiger partial charge in [-0.3, -0.25) is 0 Å². The second-order valence-electron chi connectivity index (χ2n) is 7.60. The summed E-state index contributed by atoms with van der Waals surface area (Å²) in [4.78, 5) is 4.18. The summed E-state index contributed by atoms with van der Waals surface area (Å²) in [5.41, 5.74) is 5.53. The highest BCUT2D eigenvalue weighted by atomic mass is 16.5. The van der Waals surface area contributed by atoms with Crippen molar-refractivity contribution in [1.29, 1.82) is 0 Å². The van der Waals surface area contributed by atoms with Gasteiger partial charge in [-0.05, 0) is 47.9 Å². The van der Waals surface area contributed by atoms with Crippen molar-refractivity contribution >= 4 is 16.5 Å². The number of methoxy groups -OCH3 is 1. The molecule has 0 unspecified atom stereocenters. The van der Waals surface area contributed by atoms with Gasteiger partial charge in [-0.15, -0.1) is 0 Å². The van der Waals surface area contributed by atoms with Gasteiger partial charge in [-0.25, -0.2) is 0 Å².